The SMILES string of the molecule is [Gd].[c-]1ccccc1. The van der Waals surface area contributed by atoms with Crippen molar-refractivity contribution >= 4 is 0 Å². The summed E-state index contributed by atoms with van der Waals surface area (Å²) in [6.45, 7) is 0. The second kappa shape index (κ2) is 4.70. The molecule has 38 valence electrons. The van der Waals surface area contributed by atoms with Crippen molar-refractivity contribution in [3.05, 3.63) is 36.4 Å². The maximum atomic E-state index is 2.89. The normalized spacial score (nSPS) is 6.86. The molecule has 0 nitrogen and oxygen atoms in total. The van der Waals surface area contributed by atoms with Crippen LogP contribution in [0.5, 0.6) is 0 Å². The van der Waals surface area contributed by atoms with Gasteiger partial charge in [-0.05, 0) is 0 Å². The summed E-state index contributed by atoms with van der Waals surface area (Å²) in [5, 5.41) is 0. The van der Waals surface area contributed by atoms with Gasteiger partial charge in [-0.15, -0.1) is 0 Å². The average molecular weight is 234 g/mol. The summed E-state index contributed by atoms with van der Waals surface area (Å²) >= 11 is 0. The van der Waals surface area contributed by atoms with Crippen LogP contribution in [0.4, 0.5) is 0 Å². The molecule has 0 bridgehead atoms. The summed E-state index contributed by atoms with van der Waals surface area (Å²) in [6, 6.07) is 12.5. The first-order valence-corrected chi connectivity index (χ1v) is 1.91. The van der Waals surface area contributed by atoms with E-state index < -0.39 is 0 Å². The van der Waals surface area contributed by atoms with Crippen molar-refractivity contribution in [1.29, 1.82) is 0 Å². The van der Waals surface area contributed by atoms with Crippen LogP contribution in [0.25, 0.3) is 0 Å². The van der Waals surface area contributed by atoms with Gasteiger partial charge in [0.2, 0.25) is 0 Å². The van der Waals surface area contributed by atoms with Crippen LogP contribution in [0.15, 0.2) is 30.3 Å². The van der Waals surface area contributed by atoms with Gasteiger partial charge in [0.15, 0.2) is 0 Å². The molecular formula is C6H5Gd-. The van der Waals surface area contributed by atoms with E-state index in [4.69, 9.17) is 0 Å². The molecule has 1 aromatic carbocycles. The zero-order valence-corrected chi connectivity index (χ0v) is 6.01. The summed E-state index contributed by atoms with van der Waals surface area (Å²) in [5.41, 5.74) is 0. The molecule has 0 saturated heterocycles. The Labute approximate surface area is 75.6 Å². The Hall–Kier alpha value is 0.545. The van der Waals surface area contributed by atoms with E-state index in [9.17, 15) is 0 Å². The topological polar surface area (TPSA) is 0 Å². The standard InChI is InChI=1S/C6H5.Gd/c1-2-4-6-5-3-1;/h1-5H;/q-1;. The summed E-state index contributed by atoms with van der Waals surface area (Å²) in [5.74, 6) is 0. The van der Waals surface area contributed by atoms with Crippen molar-refractivity contribution in [3.63, 3.8) is 0 Å². The van der Waals surface area contributed by atoms with Crippen LogP contribution in [-0.2, 0) is 0 Å². The summed E-state index contributed by atoms with van der Waals surface area (Å²) < 4.78 is 0. The molecule has 0 aliphatic rings. The molecule has 0 amide bonds. The van der Waals surface area contributed by atoms with Crippen LogP contribution in [0, 0.1) is 46.0 Å². The molecular weight excluding hydrogens is 229 g/mol. The molecule has 7 heavy (non-hydrogen) atoms. The Morgan fingerprint density at radius 2 is 1.43 bits per heavy atom. The molecule has 1 aromatic rings. The van der Waals surface area contributed by atoms with Crippen LogP contribution in [0.1, 0.15) is 0 Å². The zero-order chi connectivity index (χ0) is 4.24. The Bertz CT molecular complexity index is 76.1. The third kappa shape index (κ3) is 3.16. The van der Waals surface area contributed by atoms with Gasteiger partial charge in [0.05, 0.1) is 0 Å². The third-order valence-electron chi connectivity index (χ3n) is 0.607. The van der Waals surface area contributed by atoms with E-state index in [2.05, 4.69) is 6.07 Å². The third-order valence-corrected chi connectivity index (χ3v) is 0.607. The molecule has 1 rings (SSSR count). The fourth-order valence-electron chi connectivity index (χ4n) is 0.342. The average Bonchev–Trinajstić information content (AvgIpc) is 1.72. The molecule has 1 heteroatoms. The molecule has 0 radical (unpaired) electrons. The van der Waals surface area contributed by atoms with Crippen LogP contribution < -0.4 is 0 Å². The minimum atomic E-state index is 0. The first-order chi connectivity index (χ1) is 3.00. The van der Waals surface area contributed by atoms with E-state index >= 15 is 0 Å². The van der Waals surface area contributed by atoms with Gasteiger partial charge in [-0.25, -0.2) is 0 Å². The smallest absolute Gasteiger partial charge is 0 e. The quantitative estimate of drug-likeness (QED) is 0.597. The van der Waals surface area contributed by atoms with Gasteiger partial charge in [-0.2, -0.15) is 36.4 Å². The molecule has 0 atom stereocenters. The Morgan fingerprint density at radius 1 is 0.857 bits per heavy atom. The summed E-state index contributed by atoms with van der Waals surface area (Å²) in [4.78, 5) is 0. The first-order valence-electron chi connectivity index (χ1n) is 1.91. The molecule has 0 spiro atoms. The predicted octanol–water partition coefficient (Wildman–Crippen LogP) is 1.49. The van der Waals surface area contributed by atoms with Gasteiger partial charge < -0.3 is 0 Å². The van der Waals surface area contributed by atoms with Gasteiger partial charge in [0, 0.05) is 39.9 Å². The monoisotopic (exact) mass is 235 g/mol. The molecule has 0 N–H and O–H groups in total. The largest absolute Gasteiger partial charge is 0.184 e. The maximum absolute atomic E-state index is 2.89. The van der Waals surface area contributed by atoms with Crippen molar-refractivity contribution in [2.75, 3.05) is 0 Å². The fourth-order valence-corrected chi connectivity index (χ4v) is 0.342. The van der Waals surface area contributed by atoms with Crippen LogP contribution >= 0.6 is 0 Å². The second-order valence-corrected chi connectivity index (χ2v) is 1.08. The van der Waals surface area contributed by atoms with Gasteiger partial charge in [0.25, 0.3) is 0 Å². The summed E-state index contributed by atoms with van der Waals surface area (Å²) in [6.07, 6.45) is 0. The van der Waals surface area contributed by atoms with E-state index in [-0.39, 0.29) is 39.9 Å². The van der Waals surface area contributed by atoms with Crippen molar-refractivity contribution in [1.82, 2.24) is 0 Å². The Balaban J connectivity index is 0.000000360. The number of hydrogen-bond donors (Lipinski definition) is 0. The van der Waals surface area contributed by atoms with E-state index in [0.717, 1.165) is 0 Å². The van der Waals surface area contributed by atoms with E-state index in [1.165, 1.54) is 0 Å². The van der Waals surface area contributed by atoms with Gasteiger partial charge >= 0.3 is 0 Å². The minimum absolute atomic E-state index is 0. The van der Waals surface area contributed by atoms with Crippen LogP contribution in [0.3, 0.4) is 0 Å². The number of rotatable bonds is 0. The van der Waals surface area contributed by atoms with Gasteiger partial charge in [-0.3, -0.25) is 0 Å². The van der Waals surface area contributed by atoms with Crippen molar-refractivity contribution in [2.24, 2.45) is 0 Å². The molecule has 0 aromatic heterocycles. The zero-order valence-electron chi connectivity index (χ0n) is 3.74. The molecule has 0 heterocycles. The predicted molar refractivity (Wildman–Crippen MR) is 25.3 cm³/mol. The van der Waals surface area contributed by atoms with Crippen molar-refractivity contribution in [3.8, 4) is 0 Å². The first kappa shape index (κ1) is 7.54. The van der Waals surface area contributed by atoms with E-state index in [1.807, 2.05) is 30.3 Å². The van der Waals surface area contributed by atoms with Crippen LogP contribution in [-0.4, -0.2) is 0 Å². The van der Waals surface area contributed by atoms with E-state index in [1.54, 1.807) is 0 Å². The second-order valence-electron chi connectivity index (χ2n) is 1.08. The Kier molecular flexibility index (Phi) is 5.06. The minimum Gasteiger partial charge on any atom is -0.184 e. The number of benzene rings is 1. The molecule has 0 fully saturated rings. The van der Waals surface area contributed by atoms with Crippen molar-refractivity contribution in [2.45, 2.75) is 0 Å². The fraction of sp³-hybridized carbons (Fsp3) is 0. The van der Waals surface area contributed by atoms with Gasteiger partial charge in [0.1, 0.15) is 0 Å². The van der Waals surface area contributed by atoms with Gasteiger partial charge in [-0.1, -0.05) is 0 Å². The van der Waals surface area contributed by atoms with E-state index in [0.29, 0.717) is 0 Å². The number of hydrogen-bond acceptors (Lipinski definition) is 0. The maximum Gasteiger partial charge on any atom is 0 e. The molecule has 0 aliphatic carbocycles. The molecule has 0 aliphatic heterocycles. The summed E-state index contributed by atoms with van der Waals surface area (Å²) in [7, 11) is 0. The molecule has 0 unspecified atom stereocenters. The molecule has 0 saturated carbocycles. The van der Waals surface area contributed by atoms with Crippen molar-refractivity contribution < 1.29 is 39.9 Å². The van der Waals surface area contributed by atoms with Crippen LogP contribution in [0.2, 0.25) is 0 Å². The Morgan fingerprint density at radius 3 is 1.57 bits per heavy atom.